The summed E-state index contributed by atoms with van der Waals surface area (Å²) in [5, 5.41) is 9.95. The molecule has 0 amide bonds. The molecule has 5 aromatic rings. The van der Waals surface area contributed by atoms with Crippen LogP contribution in [0.25, 0.3) is 27.8 Å². The fourth-order valence-electron chi connectivity index (χ4n) is 4.06. The van der Waals surface area contributed by atoms with Gasteiger partial charge in [-0.25, -0.2) is 23.2 Å². The van der Waals surface area contributed by atoms with Crippen LogP contribution in [0, 0.1) is 0 Å². The summed E-state index contributed by atoms with van der Waals surface area (Å²) in [7, 11) is -0.582. The topological polar surface area (TPSA) is 140 Å². The van der Waals surface area contributed by atoms with Crippen LogP contribution in [-0.2, 0) is 16.4 Å². The number of aromatic nitrogens is 5. The standard InChI is InChI=1S/C25H21Cl2N7O3S/c1-33(2)24-21-23(34(32-24)22-18(26)11-17(12-19(22)27)38(28,36)37)30-20(31-25(21)35)10-14-5-7-15(8-6-14)16-4-3-9-29-13-16/h3-9,11-13H,10H2,1-2H3,(H2,28,36,37)(H,30,31,35). The lowest BCUT2D eigenvalue weighted by atomic mass is 10.0. The number of sulfonamides is 1. The van der Waals surface area contributed by atoms with E-state index >= 15 is 0 Å². The quantitative estimate of drug-likeness (QED) is 0.317. The van der Waals surface area contributed by atoms with Crippen LogP contribution in [0.1, 0.15) is 11.4 Å². The molecule has 0 atom stereocenters. The van der Waals surface area contributed by atoms with E-state index < -0.39 is 10.0 Å². The van der Waals surface area contributed by atoms with Crippen molar-refractivity contribution < 1.29 is 8.42 Å². The number of halogens is 2. The zero-order valence-corrected chi connectivity index (χ0v) is 22.5. The average Bonchev–Trinajstić information content (AvgIpc) is 3.24. The lowest BCUT2D eigenvalue weighted by molar-refractivity contribution is 0.598. The molecular weight excluding hydrogens is 549 g/mol. The van der Waals surface area contributed by atoms with Crippen LogP contribution in [0.2, 0.25) is 10.0 Å². The largest absolute Gasteiger partial charge is 0.361 e. The Morgan fingerprint density at radius 1 is 1.05 bits per heavy atom. The third-order valence-corrected chi connectivity index (χ3v) is 7.31. The summed E-state index contributed by atoms with van der Waals surface area (Å²) in [6.45, 7) is 0. The number of H-pyrrole nitrogens is 1. The minimum atomic E-state index is -4.05. The summed E-state index contributed by atoms with van der Waals surface area (Å²) in [6.07, 6.45) is 3.85. The number of aromatic amines is 1. The number of nitrogens with one attached hydrogen (secondary N) is 1. The fraction of sp³-hybridized carbons (Fsp3) is 0.120. The van der Waals surface area contributed by atoms with Crippen molar-refractivity contribution in [1.82, 2.24) is 24.7 Å². The maximum absolute atomic E-state index is 13.2. The van der Waals surface area contributed by atoms with Gasteiger partial charge in [-0.15, -0.1) is 5.10 Å². The molecule has 0 saturated carbocycles. The number of primary sulfonamides is 1. The first-order valence-corrected chi connectivity index (χ1v) is 13.5. The van der Waals surface area contributed by atoms with E-state index in [1.807, 2.05) is 36.4 Å². The SMILES string of the molecule is CN(C)c1nn(-c2c(Cl)cc(S(N)(=O)=O)cc2Cl)c2nc(Cc3ccc(-c4cccnc4)cc3)[nH]c(=O)c12. The summed E-state index contributed by atoms with van der Waals surface area (Å²) in [5.74, 6) is 0.736. The zero-order valence-electron chi connectivity index (χ0n) is 20.2. The van der Waals surface area contributed by atoms with Gasteiger partial charge in [-0.3, -0.25) is 9.78 Å². The van der Waals surface area contributed by atoms with Crippen LogP contribution >= 0.6 is 23.2 Å². The molecular formula is C25H21Cl2N7O3S. The second kappa shape index (κ2) is 9.84. The maximum atomic E-state index is 13.2. The van der Waals surface area contributed by atoms with Gasteiger partial charge in [0, 0.05) is 32.9 Å². The molecule has 0 aliphatic carbocycles. The normalized spacial score (nSPS) is 11.7. The minimum absolute atomic E-state index is 0.0224. The van der Waals surface area contributed by atoms with Crippen molar-refractivity contribution >= 4 is 50.1 Å². The van der Waals surface area contributed by atoms with Crippen molar-refractivity contribution in [2.45, 2.75) is 11.3 Å². The van der Waals surface area contributed by atoms with E-state index in [9.17, 15) is 13.2 Å². The average molecular weight is 570 g/mol. The molecule has 2 aromatic carbocycles. The van der Waals surface area contributed by atoms with Crippen LogP contribution in [0.4, 0.5) is 5.82 Å². The van der Waals surface area contributed by atoms with Crippen molar-refractivity contribution in [2.24, 2.45) is 5.14 Å². The molecule has 0 saturated heterocycles. The first kappa shape index (κ1) is 25.9. The second-order valence-corrected chi connectivity index (χ2v) is 11.1. The summed E-state index contributed by atoms with van der Waals surface area (Å²) in [4.78, 5) is 26.3. The van der Waals surface area contributed by atoms with Crippen LogP contribution in [0.15, 0.2) is 70.6 Å². The van der Waals surface area contributed by atoms with E-state index in [1.54, 1.807) is 31.4 Å². The van der Waals surface area contributed by atoms with Gasteiger partial charge in [0.2, 0.25) is 10.0 Å². The molecule has 3 N–H and O–H groups in total. The number of benzene rings is 2. The Bertz CT molecular complexity index is 1810. The number of hydrogen-bond donors (Lipinski definition) is 2. The van der Waals surface area contributed by atoms with Crippen molar-refractivity contribution in [1.29, 1.82) is 0 Å². The molecule has 194 valence electrons. The number of rotatable bonds is 6. The van der Waals surface area contributed by atoms with Gasteiger partial charge in [-0.2, -0.15) is 0 Å². The fourth-order valence-corrected chi connectivity index (χ4v) is 5.40. The van der Waals surface area contributed by atoms with E-state index in [2.05, 4.69) is 15.1 Å². The van der Waals surface area contributed by atoms with E-state index in [4.69, 9.17) is 33.3 Å². The van der Waals surface area contributed by atoms with E-state index in [-0.39, 0.29) is 37.2 Å². The molecule has 13 heteroatoms. The molecule has 0 fully saturated rings. The summed E-state index contributed by atoms with van der Waals surface area (Å²) in [6, 6.07) is 14.1. The van der Waals surface area contributed by atoms with Gasteiger partial charge in [-0.05, 0) is 34.9 Å². The van der Waals surface area contributed by atoms with Gasteiger partial charge in [0.25, 0.3) is 5.56 Å². The molecule has 0 radical (unpaired) electrons. The molecule has 0 spiro atoms. The van der Waals surface area contributed by atoms with Crippen molar-refractivity contribution in [3.8, 4) is 16.8 Å². The molecule has 0 aliphatic heterocycles. The molecule has 0 unspecified atom stereocenters. The maximum Gasteiger partial charge on any atom is 0.264 e. The molecule has 38 heavy (non-hydrogen) atoms. The Hall–Kier alpha value is -3.77. The Balaban J connectivity index is 1.61. The number of hydrogen-bond acceptors (Lipinski definition) is 7. The predicted octanol–water partition coefficient (Wildman–Crippen LogP) is 3.78. The Morgan fingerprint density at radius 3 is 2.32 bits per heavy atom. The third-order valence-electron chi connectivity index (χ3n) is 5.84. The van der Waals surface area contributed by atoms with Crippen molar-refractivity contribution in [2.75, 3.05) is 19.0 Å². The van der Waals surface area contributed by atoms with Crippen molar-refractivity contribution in [3.05, 3.63) is 92.7 Å². The number of nitrogens with zero attached hydrogens (tertiary/aromatic N) is 5. The van der Waals surface area contributed by atoms with E-state index in [0.717, 1.165) is 16.7 Å². The predicted molar refractivity (Wildman–Crippen MR) is 148 cm³/mol. The lowest BCUT2D eigenvalue weighted by Crippen LogP contribution is -2.16. The van der Waals surface area contributed by atoms with Crippen LogP contribution in [0.3, 0.4) is 0 Å². The molecule has 10 nitrogen and oxygen atoms in total. The van der Waals surface area contributed by atoms with Crippen LogP contribution < -0.4 is 15.6 Å². The van der Waals surface area contributed by atoms with E-state index in [0.29, 0.717) is 18.1 Å². The van der Waals surface area contributed by atoms with Crippen LogP contribution in [-0.4, -0.2) is 47.2 Å². The first-order valence-electron chi connectivity index (χ1n) is 11.2. The summed E-state index contributed by atoms with van der Waals surface area (Å²) < 4.78 is 25.0. The molecule has 3 aromatic heterocycles. The highest BCUT2D eigenvalue weighted by Gasteiger charge is 2.24. The first-order chi connectivity index (χ1) is 18.0. The van der Waals surface area contributed by atoms with Crippen molar-refractivity contribution in [3.63, 3.8) is 0 Å². The number of nitrogens with two attached hydrogens (primary N) is 1. The monoisotopic (exact) mass is 569 g/mol. The lowest BCUT2D eigenvalue weighted by Gasteiger charge is -2.11. The van der Waals surface area contributed by atoms with Gasteiger partial charge < -0.3 is 9.88 Å². The van der Waals surface area contributed by atoms with Gasteiger partial charge in [-0.1, -0.05) is 53.5 Å². The van der Waals surface area contributed by atoms with E-state index in [1.165, 1.54) is 16.8 Å². The molecule has 3 heterocycles. The molecule has 5 rings (SSSR count). The van der Waals surface area contributed by atoms with Gasteiger partial charge in [0.15, 0.2) is 11.5 Å². The number of pyridine rings is 1. The Labute approximate surface area is 227 Å². The van der Waals surface area contributed by atoms with Gasteiger partial charge in [0.1, 0.15) is 16.9 Å². The second-order valence-electron chi connectivity index (χ2n) is 8.74. The highest BCUT2D eigenvalue weighted by molar-refractivity contribution is 7.89. The van der Waals surface area contributed by atoms with Crippen LogP contribution in [0.5, 0.6) is 0 Å². The smallest absolute Gasteiger partial charge is 0.264 e. The third kappa shape index (κ3) is 4.88. The number of fused-ring (bicyclic) bond motifs is 1. The highest BCUT2D eigenvalue weighted by Crippen LogP contribution is 2.34. The Morgan fingerprint density at radius 2 is 1.74 bits per heavy atom. The molecule has 0 aliphatic rings. The van der Waals surface area contributed by atoms with Gasteiger partial charge in [0.05, 0.1) is 14.9 Å². The number of anilines is 1. The highest BCUT2D eigenvalue weighted by atomic mass is 35.5. The Kier molecular flexibility index (Phi) is 6.70. The summed E-state index contributed by atoms with van der Waals surface area (Å²) in [5.41, 5.74) is 2.93. The minimum Gasteiger partial charge on any atom is -0.361 e. The summed E-state index contributed by atoms with van der Waals surface area (Å²) >= 11 is 12.9. The molecule has 0 bridgehead atoms. The zero-order chi connectivity index (χ0) is 27.2. The van der Waals surface area contributed by atoms with Gasteiger partial charge >= 0.3 is 0 Å².